The maximum Gasteiger partial charge on any atom is -0.00942 e. The summed E-state index contributed by atoms with van der Waals surface area (Å²) in [6.07, 6.45) is 7.24. The molecule has 0 radical (unpaired) electrons. The molecule has 0 nitrogen and oxygen atoms in total. The van der Waals surface area contributed by atoms with Gasteiger partial charge in [-0.2, -0.15) is 0 Å². The second kappa shape index (κ2) is 2.70. The fraction of sp³-hybridized carbons (Fsp3) is 0.200. The van der Waals surface area contributed by atoms with E-state index >= 15 is 0 Å². The summed E-state index contributed by atoms with van der Waals surface area (Å²) in [6.45, 7) is 9.72. The molecule has 0 saturated heterocycles. The molecular formula is C10H12. The monoisotopic (exact) mass is 132 g/mol. The second-order valence-corrected chi connectivity index (χ2v) is 2.64. The Balaban J connectivity index is 2.77. The molecule has 10 heavy (non-hydrogen) atoms. The van der Waals surface area contributed by atoms with Crippen LogP contribution in [0, 0.1) is 0 Å². The summed E-state index contributed by atoms with van der Waals surface area (Å²) in [7, 11) is 0. The number of rotatable bonds is 1. The van der Waals surface area contributed by atoms with Crippen LogP contribution >= 0.6 is 0 Å². The van der Waals surface area contributed by atoms with Crippen LogP contribution in [0.25, 0.3) is 0 Å². The summed E-state index contributed by atoms with van der Waals surface area (Å²) in [5, 5.41) is 0. The Bertz CT molecular complexity index is 226. The minimum atomic E-state index is 0.971. The highest BCUT2D eigenvalue weighted by Crippen LogP contribution is 2.18. The lowest BCUT2D eigenvalue weighted by molar-refractivity contribution is 1.23. The van der Waals surface area contributed by atoms with E-state index in [2.05, 4.69) is 25.3 Å². The van der Waals surface area contributed by atoms with E-state index in [-0.39, 0.29) is 0 Å². The molecule has 0 bridgehead atoms. The van der Waals surface area contributed by atoms with Gasteiger partial charge in [0, 0.05) is 0 Å². The van der Waals surface area contributed by atoms with Gasteiger partial charge in [0.1, 0.15) is 0 Å². The largest absolute Gasteiger partial charge is 0.0955 e. The van der Waals surface area contributed by atoms with E-state index in [1.165, 1.54) is 11.1 Å². The molecule has 1 rings (SSSR count). The van der Waals surface area contributed by atoms with Crippen molar-refractivity contribution in [1.29, 1.82) is 0 Å². The smallest absolute Gasteiger partial charge is 0.00942 e. The molecule has 52 valence electrons. The third-order valence-electron chi connectivity index (χ3n) is 1.58. The van der Waals surface area contributed by atoms with Gasteiger partial charge >= 0.3 is 0 Å². The van der Waals surface area contributed by atoms with Crippen molar-refractivity contribution in [1.82, 2.24) is 0 Å². The van der Waals surface area contributed by atoms with Crippen molar-refractivity contribution in [2.45, 2.75) is 13.3 Å². The van der Waals surface area contributed by atoms with Crippen molar-refractivity contribution < 1.29 is 0 Å². The van der Waals surface area contributed by atoms with Gasteiger partial charge in [-0.25, -0.2) is 0 Å². The van der Waals surface area contributed by atoms with Crippen molar-refractivity contribution in [2.75, 3.05) is 0 Å². The molecule has 0 atom stereocenters. The third-order valence-corrected chi connectivity index (χ3v) is 1.58. The molecule has 0 aliphatic heterocycles. The molecule has 0 aromatic rings. The highest BCUT2D eigenvalue weighted by molar-refractivity contribution is 5.43. The molecule has 0 amide bonds. The van der Waals surface area contributed by atoms with Gasteiger partial charge in [-0.15, -0.1) is 0 Å². The van der Waals surface area contributed by atoms with Gasteiger partial charge in [0.2, 0.25) is 0 Å². The molecule has 0 aromatic carbocycles. The normalized spacial score (nSPS) is 16.9. The van der Waals surface area contributed by atoms with Crippen molar-refractivity contribution in [2.24, 2.45) is 0 Å². The molecule has 0 unspecified atom stereocenters. The molecule has 0 spiro atoms. The Hall–Kier alpha value is -1.04. The van der Waals surface area contributed by atoms with Gasteiger partial charge in [0.05, 0.1) is 0 Å². The quantitative estimate of drug-likeness (QED) is 0.514. The molecule has 0 N–H and O–H groups in total. The summed E-state index contributed by atoms with van der Waals surface area (Å²) in [6, 6.07) is 0. The fourth-order valence-corrected chi connectivity index (χ4v) is 0.901. The van der Waals surface area contributed by atoms with Crippen LogP contribution in [0.1, 0.15) is 13.3 Å². The summed E-state index contributed by atoms with van der Waals surface area (Å²) in [5.41, 5.74) is 3.54. The van der Waals surface area contributed by atoms with Gasteiger partial charge < -0.3 is 0 Å². The molecule has 1 aliphatic rings. The van der Waals surface area contributed by atoms with Gasteiger partial charge in [-0.3, -0.25) is 0 Å². The first-order valence-corrected chi connectivity index (χ1v) is 3.42. The predicted octanol–water partition coefficient (Wildman–Crippen LogP) is 3.01. The molecule has 0 aromatic heterocycles. The maximum atomic E-state index is 3.85. The van der Waals surface area contributed by atoms with Crippen LogP contribution in [0.15, 0.2) is 48.1 Å². The van der Waals surface area contributed by atoms with Crippen molar-refractivity contribution >= 4 is 0 Å². The topological polar surface area (TPSA) is 0 Å². The van der Waals surface area contributed by atoms with Crippen LogP contribution in [0.3, 0.4) is 0 Å². The fourth-order valence-electron chi connectivity index (χ4n) is 0.901. The first-order valence-electron chi connectivity index (χ1n) is 3.42. The highest BCUT2D eigenvalue weighted by Gasteiger charge is 1.98. The zero-order valence-electron chi connectivity index (χ0n) is 6.35. The van der Waals surface area contributed by atoms with E-state index in [0.29, 0.717) is 0 Å². The first kappa shape index (κ1) is 7.07. The molecule has 0 saturated carbocycles. The number of hydrogen-bond donors (Lipinski definition) is 0. The summed E-state index contributed by atoms with van der Waals surface area (Å²) in [4.78, 5) is 0. The van der Waals surface area contributed by atoms with Crippen molar-refractivity contribution in [3.05, 3.63) is 48.1 Å². The number of hydrogen-bond acceptors (Lipinski definition) is 0. The van der Waals surface area contributed by atoms with Gasteiger partial charge in [-0.1, -0.05) is 42.5 Å². The Morgan fingerprint density at radius 2 is 2.20 bits per heavy atom. The average molecular weight is 132 g/mol. The molecule has 0 heterocycles. The van der Waals surface area contributed by atoms with E-state index < -0.39 is 0 Å². The third kappa shape index (κ3) is 1.47. The predicted molar refractivity (Wildman–Crippen MR) is 45.8 cm³/mol. The minimum Gasteiger partial charge on any atom is -0.0955 e. The van der Waals surface area contributed by atoms with E-state index in [1.807, 2.05) is 13.0 Å². The van der Waals surface area contributed by atoms with Crippen molar-refractivity contribution in [3.8, 4) is 0 Å². The molecule has 0 heteroatoms. The van der Waals surface area contributed by atoms with E-state index in [1.54, 1.807) is 0 Å². The zero-order chi connectivity index (χ0) is 7.56. The zero-order valence-corrected chi connectivity index (χ0v) is 6.35. The highest BCUT2D eigenvalue weighted by atomic mass is 14.0. The first-order chi connectivity index (χ1) is 4.70. The summed E-state index contributed by atoms with van der Waals surface area (Å²) < 4.78 is 0. The van der Waals surface area contributed by atoms with E-state index in [0.717, 1.165) is 12.0 Å². The van der Waals surface area contributed by atoms with Gasteiger partial charge in [0.15, 0.2) is 0 Å². The Morgan fingerprint density at radius 3 is 2.60 bits per heavy atom. The number of allylic oxidation sites excluding steroid dienone is 6. The standard InChI is InChI=1S/C10H12/c1-8(2)10-6-4-9(3)5-7-10/h4,6-7H,1,3,5H2,2H3. The Morgan fingerprint density at radius 1 is 1.50 bits per heavy atom. The van der Waals surface area contributed by atoms with E-state index in [9.17, 15) is 0 Å². The summed E-state index contributed by atoms with van der Waals surface area (Å²) >= 11 is 0. The van der Waals surface area contributed by atoms with Gasteiger partial charge in [0.25, 0.3) is 0 Å². The van der Waals surface area contributed by atoms with Gasteiger partial charge in [-0.05, 0) is 18.9 Å². The lowest BCUT2D eigenvalue weighted by atomic mass is 10.00. The lowest BCUT2D eigenvalue weighted by Crippen LogP contribution is -1.86. The Kier molecular flexibility index (Phi) is 1.91. The second-order valence-electron chi connectivity index (χ2n) is 2.64. The average Bonchev–Trinajstić information content (AvgIpc) is 1.88. The minimum absolute atomic E-state index is 0.971. The SMILES string of the molecule is C=C1C=CC(C(=C)C)=CC1. The molecule has 1 aliphatic carbocycles. The van der Waals surface area contributed by atoms with Crippen molar-refractivity contribution in [3.63, 3.8) is 0 Å². The van der Waals surface area contributed by atoms with Crippen LogP contribution in [-0.4, -0.2) is 0 Å². The maximum absolute atomic E-state index is 3.85. The van der Waals surface area contributed by atoms with Crippen LogP contribution < -0.4 is 0 Å². The van der Waals surface area contributed by atoms with E-state index in [4.69, 9.17) is 0 Å². The lowest BCUT2D eigenvalue weighted by Gasteiger charge is -2.06. The Labute approximate surface area is 62.3 Å². The van der Waals surface area contributed by atoms with Crippen LogP contribution in [-0.2, 0) is 0 Å². The van der Waals surface area contributed by atoms with Crippen LogP contribution in [0.4, 0.5) is 0 Å². The van der Waals surface area contributed by atoms with Crippen LogP contribution in [0.5, 0.6) is 0 Å². The molecular weight excluding hydrogens is 120 g/mol. The summed E-state index contributed by atoms with van der Waals surface area (Å²) in [5.74, 6) is 0. The molecule has 0 fully saturated rings. The van der Waals surface area contributed by atoms with Crippen LogP contribution in [0.2, 0.25) is 0 Å².